The van der Waals surface area contributed by atoms with Gasteiger partial charge in [-0.1, -0.05) is 20.4 Å². The van der Waals surface area contributed by atoms with Crippen LogP contribution in [0.1, 0.15) is 27.2 Å². The zero-order valence-corrected chi connectivity index (χ0v) is 11.6. The Bertz CT molecular complexity index is 216. The van der Waals surface area contributed by atoms with Gasteiger partial charge in [0.15, 0.2) is 0 Å². The van der Waals surface area contributed by atoms with E-state index in [4.69, 9.17) is 9.47 Å². The molecule has 15 heavy (non-hydrogen) atoms. The fourth-order valence-corrected chi connectivity index (χ4v) is 3.20. The first-order chi connectivity index (χ1) is 7.01. The van der Waals surface area contributed by atoms with Crippen LogP contribution in [0.3, 0.4) is 0 Å². The van der Waals surface area contributed by atoms with Crippen LogP contribution >= 0.6 is 0 Å². The molecule has 3 nitrogen and oxygen atoms in total. The maximum absolute atomic E-state index is 11.3. The van der Waals surface area contributed by atoms with Crippen molar-refractivity contribution < 1.29 is 14.3 Å². The lowest BCUT2D eigenvalue weighted by Crippen LogP contribution is -2.27. The number of rotatable bonds is 7. The van der Waals surface area contributed by atoms with Gasteiger partial charge in [-0.25, -0.2) is 4.79 Å². The summed E-state index contributed by atoms with van der Waals surface area (Å²) < 4.78 is 10.4. The Morgan fingerprint density at radius 2 is 2.13 bits per heavy atom. The molecule has 88 valence electrons. The quantitative estimate of drug-likeness (QED) is 0.377. The third kappa shape index (κ3) is 6.46. The van der Waals surface area contributed by atoms with E-state index in [0.717, 1.165) is 13.0 Å². The van der Waals surface area contributed by atoms with Gasteiger partial charge in [0, 0.05) is 19.3 Å². The van der Waals surface area contributed by atoms with Gasteiger partial charge in [-0.2, -0.15) is 0 Å². The molecule has 0 rings (SSSR count). The molecule has 0 heterocycles. The number of hydrogen-bond donors (Lipinski definition) is 0. The summed E-state index contributed by atoms with van der Waals surface area (Å²) in [6.07, 6.45) is 0.888. The maximum atomic E-state index is 11.3. The van der Waals surface area contributed by atoms with Crippen LogP contribution in [0.15, 0.2) is 12.2 Å². The van der Waals surface area contributed by atoms with Crippen molar-refractivity contribution in [3.05, 3.63) is 12.2 Å². The van der Waals surface area contributed by atoms with Gasteiger partial charge in [0.05, 0.1) is 15.2 Å². The molecule has 0 fully saturated rings. The van der Waals surface area contributed by atoms with Gasteiger partial charge in [-0.15, -0.1) is 0 Å². The van der Waals surface area contributed by atoms with Crippen LogP contribution in [-0.2, 0) is 14.3 Å². The third-order valence-electron chi connectivity index (χ3n) is 2.19. The summed E-state index contributed by atoms with van der Waals surface area (Å²) in [6, 6.07) is 0. The Morgan fingerprint density at radius 1 is 1.53 bits per heavy atom. The largest absolute Gasteiger partial charge is 0.464 e. The van der Waals surface area contributed by atoms with Gasteiger partial charge in [0.25, 0.3) is 0 Å². The first kappa shape index (κ1) is 14.4. The molecule has 0 spiro atoms. The molecule has 0 amide bonds. The lowest BCUT2D eigenvalue weighted by Gasteiger charge is -2.19. The molecular formula is C11H22O3Si. The minimum Gasteiger partial charge on any atom is -0.464 e. The Morgan fingerprint density at radius 3 is 2.53 bits per heavy atom. The van der Waals surface area contributed by atoms with Gasteiger partial charge >= 0.3 is 5.97 Å². The molecule has 0 radical (unpaired) electrons. The van der Waals surface area contributed by atoms with E-state index in [2.05, 4.69) is 13.5 Å². The number of carbonyl (C=O) groups excluding carboxylic acids is 1. The second-order valence-electron chi connectivity index (χ2n) is 4.01. The Kier molecular flexibility index (Phi) is 7.34. The van der Waals surface area contributed by atoms with Crippen molar-refractivity contribution in [3.63, 3.8) is 0 Å². The second kappa shape index (κ2) is 7.65. The summed E-state index contributed by atoms with van der Waals surface area (Å²) >= 11 is 0. The second-order valence-corrected chi connectivity index (χ2v) is 6.79. The van der Waals surface area contributed by atoms with Crippen LogP contribution in [0.4, 0.5) is 0 Å². The number of methoxy groups -OCH3 is 1. The van der Waals surface area contributed by atoms with Crippen molar-refractivity contribution in [2.24, 2.45) is 0 Å². The van der Waals surface area contributed by atoms with Crippen LogP contribution < -0.4 is 0 Å². The molecular weight excluding hydrogens is 208 g/mol. The lowest BCUT2D eigenvalue weighted by atomic mass is 10.4. The fraction of sp³-hybridized carbons (Fsp3) is 0.727. The van der Waals surface area contributed by atoms with E-state index >= 15 is 0 Å². The highest BCUT2D eigenvalue weighted by molar-refractivity contribution is 6.39. The van der Waals surface area contributed by atoms with Crippen LogP contribution in [0.5, 0.6) is 0 Å². The molecule has 0 bridgehead atoms. The molecule has 0 aliphatic carbocycles. The topological polar surface area (TPSA) is 35.5 Å². The number of esters is 1. The van der Waals surface area contributed by atoms with E-state index in [0.29, 0.717) is 11.1 Å². The zero-order chi connectivity index (χ0) is 11.8. The molecule has 0 aliphatic heterocycles. The van der Waals surface area contributed by atoms with Crippen molar-refractivity contribution in [1.29, 1.82) is 0 Å². The molecule has 0 aromatic rings. The van der Waals surface area contributed by atoms with Crippen LogP contribution in [0.2, 0.25) is 5.54 Å². The highest BCUT2D eigenvalue weighted by atomic mass is 28.2. The summed E-state index contributed by atoms with van der Waals surface area (Å²) in [6.45, 7) is 10.2. The van der Waals surface area contributed by atoms with Crippen molar-refractivity contribution >= 4 is 15.5 Å². The normalized spacial score (nSPS) is 15.2. The summed E-state index contributed by atoms with van der Waals surface area (Å²) in [5.41, 5.74) is 1.12. The van der Waals surface area contributed by atoms with E-state index in [1.54, 1.807) is 14.0 Å². The first-order valence-electron chi connectivity index (χ1n) is 5.36. The molecule has 0 saturated heterocycles. The Hall–Kier alpha value is -0.613. The van der Waals surface area contributed by atoms with Crippen LogP contribution in [0.25, 0.3) is 0 Å². The van der Waals surface area contributed by atoms with E-state index in [-0.39, 0.29) is 11.7 Å². The summed E-state index contributed by atoms with van der Waals surface area (Å²) in [7, 11) is 1.25. The van der Waals surface area contributed by atoms with Crippen molar-refractivity contribution in [1.82, 2.24) is 0 Å². The molecule has 2 atom stereocenters. The van der Waals surface area contributed by atoms with E-state index in [1.165, 1.54) is 0 Å². The van der Waals surface area contributed by atoms with Gasteiger partial charge < -0.3 is 9.47 Å². The van der Waals surface area contributed by atoms with Gasteiger partial charge in [-0.3, -0.25) is 0 Å². The Labute approximate surface area is 94.7 Å². The smallest absolute Gasteiger partial charge is 0.333 e. The van der Waals surface area contributed by atoms with Crippen molar-refractivity contribution in [3.8, 4) is 0 Å². The highest BCUT2D eigenvalue weighted by Gasteiger charge is 2.16. The zero-order valence-electron chi connectivity index (χ0n) is 10.2. The molecule has 0 aromatic carbocycles. The third-order valence-corrected chi connectivity index (χ3v) is 4.50. The summed E-state index contributed by atoms with van der Waals surface area (Å²) in [4.78, 5) is 11.3. The van der Waals surface area contributed by atoms with Gasteiger partial charge in [0.2, 0.25) is 0 Å². The minimum atomic E-state index is -0.445. The predicted octanol–water partition coefficient (Wildman–Crippen LogP) is 1.47. The predicted molar refractivity (Wildman–Crippen MR) is 64.8 cm³/mol. The van der Waals surface area contributed by atoms with Crippen molar-refractivity contribution in [2.75, 3.05) is 13.7 Å². The van der Waals surface area contributed by atoms with E-state index < -0.39 is 9.52 Å². The average Bonchev–Trinajstić information content (AvgIpc) is 2.16. The molecule has 0 saturated carbocycles. The molecule has 0 aliphatic rings. The standard InChI is InChI=1S/C11H22O3Si/c1-6-10(14-11(12)8(2)3)15-9(4)7-13-5/h9-10H,2,6-7,15H2,1,3-5H3. The molecule has 4 heteroatoms. The number of carbonyl (C=O) groups is 1. The number of hydrogen-bond acceptors (Lipinski definition) is 3. The van der Waals surface area contributed by atoms with E-state index in [9.17, 15) is 4.79 Å². The highest BCUT2D eigenvalue weighted by Crippen LogP contribution is 2.09. The van der Waals surface area contributed by atoms with Gasteiger partial charge in [-0.05, 0) is 18.9 Å². The van der Waals surface area contributed by atoms with E-state index in [1.807, 2.05) is 6.92 Å². The molecule has 0 aromatic heterocycles. The average molecular weight is 230 g/mol. The Balaban J connectivity index is 4.02. The van der Waals surface area contributed by atoms with Crippen molar-refractivity contribution in [2.45, 2.75) is 38.5 Å². The SMILES string of the molecule is C=C(C)C(=O)OC(CC)[SiH2]C(C)COC. The van der Waals surface area contributed by atoms with Crippen LogP contribution in [0, 0.1) is 0 Å². The monoisotopic (exact) mass is 230 g/mol. The minimum absolute atomic E-state index is 0.111. The molecule has 2 unspecified atom stereocenters. The summed E-state index contributed by atoms with van der Waals surface area (Å²) in [5, 5.41) is 0. The first-order valence-corrected chi connectivity index (χ1v) is 6.99. The fourth-order valence-electron chi connectivity index (χ4n) is 1.35. The summed E-state index contributed by atoms with van der Waals surface area (Å²) in [5.74, 6) is -0.265. The van der Waals surface area contributed by atoms with Gasteiger partial charge in [0.1, 0.15) is 0 Å². The van der Waals surface area contributed by atoms with Crippen LogP contribution in [-0.4, -0.2) is 34.9 Å². The molecule has 0 N–H and O–H groups in total. The lowest BCUT2D eigenvalue weighted by molar-refractivity contribution is -0.140. The number of ether oxygens (including phenoxy) is 2. The maximum Gasteiger partial charge on any atom is 0.333 e.